The molecule has 4 heterocycles. The standard InChI is InChI=1S/C30H28ClFN6O4S/c1-4-24(39)36-13-14-37(17(2)16-36)28-20-15-21(31)26(19-7-5-6-8-22(19)32)34-29(20)38(30(40)35-28)27-23(43(3,41)42)11-12-33-25(27)18-9-10-18/h4-8,11-12,15,17-18H,1,9-10,13-14,16H2,2-3H3/t17-/m0/s1. The molecule has 0 radical (unpaired) electrons. The number of amides is 1. The normalized spacial score (nSPS) is 17.3. The molecule has 1 saturated carbocycles. The maximum Gasteiger partial charge on any atom is 0.355 e. The number of fused-ring (bicyclic) bond motifs is 1. The second-order valence-electron chi connectivity index (χ2n) is 10.8. The number of hydrogen-bond donors (Lipinski definition) is 0. The third-order valence-corrected chi connectivity index (χ3v) is 9.24. The van der Waals surface area contributed by atoms with Crippen molar-refractivity contribution in [1.29, 1.82) is 0 Å². The van der Waals surface area contributed by atoms with Gasteiger partial charge in [0, 0.05) is 49.6 Å². The summed E-state index contributed by atoms with van der Waals surface area (Å²) >= 11 is 6.74. The summed E-state index contributed by atoms with van der Waals surface area (Å²) < 4.78 is 42.2. The minimum absolute atomic E-state index is 0.0350. The second-order valence-corrected chi connectivity index (χ2v) is 13.2. The summed E-state index contributed by atoms with van der Waals surface area (Å²) in [4.78, 5) is 43.5. The van der Waals surface area contributed by atoms with Gasteiger partial charge in [-0.3, -0.25) is 9.78 Å². The molecule has 0 bridgehead atoms. The molecule has 10 nitrogen and oxygen atoms in total. The van der Waals surface area contributed by atoms with Crippen molar-refractivity contribution >= 4 is 44.2 Å². The van der Waals surface area contributed by atoms with Crippen molar-refractivity contribution in [3.63, 3.8) is 0 Å². The van der Waals surface area contributed by atoms with E-state index >= 15 is 0 Å². The third-order valence-electron chi connectivity index (χ3n) is 7.82. The van der Waals surface area contributed by atoms with Crippen molar-refractivity contribution in [1.82, 2.24) is 24.4 Å². The topological polar surface area (TPSA) is 118 Å². The van der Waals surface area contributed by atoms with E-state index in [0.29, 0.717) is 30.7 Å². The van der Waals surface area contributed by atoms with E-state index in [-0.39, 0.29) is 56.2 Å². The Labute approximate surface area is 252 Å². The van der Waals surface area contributed by atoms with Gasteiger partial charge in [0.1, 0.15) is 11.6 Å². The van der Waals surface area contributed by atoms with Crippen LogP contribution in [0.5, 0.6) is 0 Å². The highest BCUT2D eigenvalue weighted by Crippen LogP contribution is 2.44. The van der Waals surface area contributed by atoms with Gasteiger partial charge in [-0.05, 0) is 50.1 Å². The minimum atomic E-state index is -3.83. The molecular formula is C30H28ClFN6O4S. The average Bonchev–Trinajstić information content (AvgIpc) is 3.82. The molecule has 1 aliphatic heterocycles. The van der Waals surface area contributed by atoms with Crippen molar-refractivity contribution in [2.45, 2.75) is 36.6 Å². The van der Waals surface area contributed by atoms with Crippen LogP contribution in [0.3, 0.4) is 0 Å². The first-order chi connectivity index (χ1) is 20.5. The molecule has 3 aromatic heterocycles. The van der Waals surface area contributed by atoms with Crippen LogP contribution in [0.25, 0.3) is 28.0 Å². The lowest BCUT2D eigenvalue weighted by molar-refractivity contribution is -0.126. The molecule has 1 amide bonds. The Morgan fingerprint density at radius 1 is 1.16 bits per heavy atom. The fourth-order valence-electron chi connectivity index (χ4n) is 5.60. The van der Waals surface area contributed by atoms with E-state index in [9.17, 15) is 22.4 Å². The van der Waals surface area contributed by atoms with E-state index in [1.54, 1.807) is 23.1 Å². The lowest BCUT2D eigenvalue weighted by Crippen LogP contribution is -2.54. The van der Waals surface area contributed by atoms with Crippen molar-refractivity contribution in [3.8, 4) is 16.9 Å². The molecule has 0 N–H and O–H groups in total. The summed E-state index contributed by atoms with van der Waals surface area (Å²) in [5.41, 5.74) is 0.0429. The zero-order valence-electron chi connectivity index (χ0n) is 23.5. The largest absolute Gasteiger partial charge is 0.355 e. The Hall–Kier alpha value is -4.16. The molecule has 6 rings (SSSR count). The highest BCUT2D eigenvalue weighted by Gasteiger charge is 2.35. The van der Waals surface area contributed by atoms with Crippen molar-refractivity contribution in [3.05, 3.63) is 82.3 Å². The van der Waals surface area contributed by atoms with Gasteiger partial charge in [-0.15, -0.1) is 0 Å². The minimum Gasteiger partial charge on any atom is -0.350 e. The third kappa shape index (κ3) is 5.18. The molecule has 0 unspecified atom stereocenters. The Morgan fingerprint density at radius 3 is 2.56 bits per heavy atom. The molecule has 0 spiro atoms. The molecule has 13 heteroatoms. The van der Waals surface area contributed by atoms with Crippen molar-refractivity contribution in [2.24, 2.45) is 0 Å². The summed E-state index contributed by atoms with van der Waals surface area (Å²) in [7, 11) is -3.83. The van der Waals surface area contributed by atoms with Gasteiger partial charge in [-0.2, -0.15) is 4.98 Å². The van der Waals surface area contributed by atoms with Crippen LogP contribution in [0, 0.1) is 5.82 Å². The van der Waals surface area contributed by atoms with Gasteiger partial charge in [0.25, 0.3) is 0 Å². The van der Waals surface area contributed by atoms with Crippen LogP contribution in [0.2, 0.25) is 5.02 Å². The summed E-state index contributed by atoms with van der Waals surface area (Å²) in [6.07, 6.45) is 5.32. The van der Waals surface area contributed by atoms with Crippen LogP contribution in [0.4, 0.5) is 10.2 Å². The predicted molar refractivity (Wildman–Crippen MR) is 162 cm³/mol. The number of nitrogens with zero attached hydrogens (tertiary/aromatic N) is 6. The number of sulfone groups is 1. The Kier molecular flexibility index (Phi) is 7.29. The van der Waals surface area contributed by atoms with E-state index in [4.69, 9.17) is 16.6 Å². The monoisotopic (exact) mass is 622 g/mol. The van der Waals surface area contributed by atoms with Crippen LogP contribution in [-0.4, -0.2) is 70.7 Å². The number of piperazine rings is 1. The quantitative estimate of drug-likeness (QED) is 0.295. The van der Waals surface area contributed by atoms with Crippen molar-refractivity contribution in [2.75, 3.05) is 30.8 Å². The first-order valence-corrected chi connectivity index (χ1v) is 16.0. The fourth-order valence-corrected chi connectivity index (χ4v) is 6.71. The molecule has 2 fully saturated rings. The van der Waals surface area contributed by atoms with E-state index in [1.807, 2.05) is 11.8 Å². The maximum absolute atomic E-state index is 15.0. The van der Waals surface area contributed by atoms with Gasteiger partial charge in [0.05, 0.1) is 32.4 Å². The molecule has 43 heavy (non-hydrogen) atoms. The lowest BCUT2D eigenvalue weighted by atomic mass is 10.1. The lowest BCUT2D eigenvalue weighted by Gasteiger charge is -2.40. The number of aromatic nitrogens is 4. The van der Waals surface area contributed by atoms with Gasteiger partial charge < -0.3 is 9.80 Å². The van der Waals surface area contributed by atoms with Gasteiger partial charge in [0.2, 0.25) is 5.91 Å². The van der Waals surface area contributed by atoms with Crippen LogP contribution in [0.15, 0.2) is 64.9 Å². The Bertz CT molecular complexity index is 1980. The molecule has 222 valence electrons. The highest BCUT2D eigenvalue weighted by atomic mass is 35.5. The number of rotatable bonds is 6. The molecular weight excluding hydrogens is 595 g/mol. The summed E-state index contributed by atoms with van der Waals surface area (Å²) in [6.45, 7) is 6.55. The predicted octanol–water partition coefficient (Wildman–Crippen LogP) is 4.14. The average molecular weight is 623 g/mol. The van der Waals surface area contributed by atoms with E-state index < -0.39 is 21.3 Å². The number of carbonyl (C=O) groups excluding carboxylic acids is 1. The number of hydrogen-bond acceptors (Lipinski definition) is 8. The summed E-state index contributed by atoms with van der Waals surface area (Å²) in [5.74, 6) is -0.516. The van der Waals surface area contributed by atoms with Crippen LogP contribution >= 0.6 is 11.6 Å². The fraction of sp³-hybridized carbons (Fsp3) is 0.300. The van der Waals surface area contributed by atoms with Crippen molar-refractivity contribution < 1.29 is 17.6 Å². The Balaban J connectivity index is 1.67. The molecule has 1 aliphatic carbocycles. The molecule has 1 aromatic carbocycles. The van der Waals surface area contributed by atoms with Gasteiger partial charge >= 0.3 is 5.69 Å². The molecule has 2 aliphatic rings. The first-order valence-electron chi connectivity index (χ1n) is 13.7. The van der Waals surface area contributed by atoms with Gasteiger partial charge in [-0.25, -0.2) is 27.2 Å². The number of halogens is 2. The summed E-state index contributed by atoms with van der Waals surface area (Å²) in [5, 5.41) is 0.487. The maximum atomic E-state index is 15.0. The smallest absolute Gasteiger partial charge is 0.350 e. The number of pyridine rings is 2. The van der Waals surface area contributed by atoms with Crippen LogP contribution in [0.1, 0.15) is 31.4 Å². The van der Waals surface area contributed by atoms with Crippen LogP contribution in [-0.2, 0) is 14.6 Å². The summed E-state index contributed by atoms with van der Waals surface area (Å²) in [6, 6.07) is 8.67. The Morgan fingerprint density at radius 2 is 1.91 bits per heavy atom. The molecule has 1 atom stereocenters. The van der Waals surface area contributed by atoms with Gasteiger partial charge in [-0.1, -0.05) is 30.3 Å². The van der Waals surface area contributed by atoms with E-state index in [2.05, 4.69) is 16.5 Å². The number of anilines is 1. The SMILES string of the molecule is C=CC(=O)N1CCN(c2nc(=O)n(-c3c(S(C)(=O)=O)ccnc3C3CC3)c3nc(-c4ccccc4F)c(Cl)cc23)[C@@H](C)C1. The highest BCUT2D eigenvalue weighted by molar-refractivity contribution is 7.90. The van der Waals surface area contributed by atoms with E-state index in [0.717, 1.165) is 19.1 Å². The zero-order chi connectivity index (χ0) is 30.6. The van der Waals surface area contributed by atoms with Gasteiger partial charge in [0.15, 0.2) is 15.5 Å². The zero-order valence-corrected chi connectivity index (χ0v) is 25.1. The molecule has 4 aromatic rings. The second kappa shape index (κ2) is 10.8. The number of benzene rings is 1. The van der Waals surface area contributed by atoms with Crippen LogP contribution < -0.4 is 10.6 Å². The first kappa shape index (κ1) is 28.9. The molecule has 1 saturated heterocycles. The number of carbonyl (C=O) groups is 1. The van der Waals surface area contributed by atoms with E-state index in [1.165, 1.54) is 35.0 Å².